The van der Waals surface area contributed by atoms with Crippen molar-refractivity contribution in [1.82, 2.24) is 10.2 Å². The van der Waals surface area contributed by atoms with Crippen LogP contribution in [0.1, 0.15) is 49.5 Å². The molecule has 1 unspecified atom stereocenters. The minimum Gasteiger partial charge on any atom is -0.481 e. The van der Waals surface area contributed by atoms with E-state index in [0.29, 0.717) is 38.0 Å². The number of benzene rings is 1. The van der Waals surface area contributed by atoms with E-state index in [1.165, 1.54) is 5.56 Å². The second kappa shape index (κ2) is 6.41. The number of carboxylic acid groups (broad SMARTS) is 1. The molecule has 0 aliphatic carbocycles. The van der Waals surface area contributed by atoms with E-state index in [-0.39, 0.29) is 11.3 Å². The second-order valence-electron chi connectivity index (χ2n) is 8.47. The number of carbonyl (C=O) groups is 3. The molecule has 140 valence electrons. The first-order chi connectivity index (χ1) is 12.1. The molecule has 6 nitrogen and oxygen atoms in total. The van der Waals surface area contributed by atoms with Crippen molar-refractivity contribution in [2.45, 2.75) is 39.0 Å². The molecule has 2 N–H and O–H groups in total. The molecule has 1 atom stereocenters. The Bertz CT molecular complexity index is 725. The van der Waals surface area contributed by atoms with Gasteiger partial charge < -0.3 is 15.3 Å². The number of carboxylic acids is 1. The van der Waals surface area contributed by atoms with E-state index in [2.05, 4.69) is 26.1 Å². The lowest BCUT2D eigenvalue weighted by atomic mass is 9.70. The van der Waals surface area contributed by atoms with Crippen LogP contribution in [-0.4, -0.2) is 47.4 Å². The average molecular weight is 358 g/mol. The first-order valence-electron chi connectivity index (χ1n) is 9.04. The van der Waals surface area contributed by atoms with Gasteiger partial charge >= 0.3 is 5.97 Å². The first kappa shape index (κ1) is 18.4. The molecule has 2 heterocycles. The summed E-state index contributed by atoms with van der Waals surface area (Å²) in [4.78, 5) is 37.9. The molecule has 6 heteroatoms. The van der Waals surface area contributed by atoms with Crippen molar-refractivity contribution in [3.63, 3.8) is 0 Å². The van der Waals surface area contributed by atoms with Crippen LogP contribution in [0.2, 0.25) is 0 Å². The molecule has 1 spiro atoms. The third-order valence-corrected chi connectivity index (χ3v) is 5.78. The zero-order valence-electron chi connectivity index (χ0n) is 15.5. The number of nitrogens with one attached hydrogen (secondary N) is 1. The normalized spacial score (nSPS) is 22.3. The third-order valence-electron chi connectivity index (χ3n) is 5.78. The van der Waals surface area contributed by atoms with Gasteiger partial charge in [0, 0.05) is 30.6 Å². The Kier molecular flexibility index (Phi) is 4.54. The van der Waals surface area contributed by atoms with Crippen LogP contribution in [0.3, 0.4) is 0 Å². The molecule has 0 saturated carbocycles. The fraction of sp³-hybridized carbons (Fsp3) is 0.550. The lowest BCUT2D eigenvalue weighted by Crippen LogP contribution is -2.48. The predicted molar refractivity (Wildman–Crippen MR) is 96.8 cm³/mol. The number of carbonyl (C=O) groups excluding carboxylic acids is 2. The van der Waals surface area contributed by atoms with Gasteiger partial charge in [0.2, 0.25) is 5.91 Å². The lowest BCUT2D eigenvalue weighted by Gasteiger charge is -2.40. The molecule has 1 aromatic rings. The molecule has 26 heavy (non-hydrogen) atoms. The molecule has 3 rings (SSSR count). The highest BCUT2D eigenvalue weighted by atomic mass is 16.4. The molecule has 2 amide bonds. The van der Waals surface area contributed by atoms with Gasteiger partial charge in [-0.2, -0.15) is 0 Å². The fourth-order valence-corrected chi connectivity index (χ4v) is 4.04. The maximum atomic E-state index is 12.8. The summed E-state index contributed by atoms with van der Waals surface area (Å²) in [6, 6.07) is 7.68. The van der Waals surface area contributed by atoms with Gasteiger partial charge in [-0.05, 0) is 36.0 Å². The fourth-order valence-electron chi connectivity index (χ4n) is 4.04. The van der Waals surface area contributed by atoms with Crippen LogP contribution >= 0.6 is 0 Å². The largest absolute Gasteiger partial charge is 0.481 e. The number of hydrogen-bond acceptors (Lipinski definition) is 3. The molecule has 2 aliphatic heterocycles. The van der Waals surface area contributed by atoms with E-state index in [4.69, 9.17) is 0 Å². The highest BCUT2D eigenvalue weighted by molar-refractivity contribution is 6.00. The summed E-state index contributed by atoms with van der Waals surface area (Å²) in [5.74, 6) is -2.53. The van der Waals surface area contributed by atoms with Crippen molar-refractivity contribution in [1.29, 1.82) is 0 Å². The Hall–Kier alpha value is -2.37. The van der Waals surface area contributed by atoms with E-state index in [0.717, 1.165) is 0 Å². The van der Waals surface area contributed by atoms with Crippen LogP contribution in [0.15, 0.2) is 24.3 Å². The number of hydrogen-bond donors (Lipinski definition) is 2. The van der Waals surface area contributed by atoms with Gasteiger partial charge in [-0.3, -0.25) is 14.4 Å². The zero-order chi connectivity index (χ0) is 19.1. The number of rotatable bonds is 2. The van der Waals surface area contributed by atoms with Gasteiger partial charge in [0.1, 0.15) is 5.92 Å². The van der Waals surface area contributed by atoms with Gasteiger partial charge in [0.25, 0.3) is 5.91 Å². The quantitative estimate of drug-likeness (QED) is 0.792. The van der Waals surface area contributed by atoms with Crippen LogP contribution in [-0.2, 0) is 15.0 Å². The molecular weight excluding hydrogens is 332 g/mol. The van der Waals surface area contributed by atoms with E-state index in [1.807, 2.05) is 24.3 Å². The Balaban J connectivity index is 1.69. The Morgan fingerprint density at radius 2 is 1.73 bits per heavy atom. The molecule has 2 fully saturated rings. The zero-order valence-corrected chi connectivity index (χ0v) is 15.5. The second-order valence-corrected chi connectivity index (χ2v) is 8.47. The number of aliphatic carboxylic acids is 1. The summed E-state index contributed by atoms with van der Waals surface area (Å²) in [6.45, 7) is 7.71. The Labute approximate surface area is 153 Å². The summed E-state index contributed by atoms with van der Waals surface area (Å²) in [7, 11) is 0. The van der Waals surface area contributed by atoms with Crippen LogP contribution in [0.5, 0.6) is 0 Å². The minimum absolute atomic E-state index is 0.0347. The smallest absolute Gasteiger partial charge is 0.316 e. The summed E-state index contributed by atoms with van der Waals surface area (Å²) < 4.78 is 0. The van der Waals surface area contributed by atoms with Gasteiger partial charge in [0.05, 0.1) is 0 Å². The number of nitrogens with zero attached hydrogens (tertiary/aromatic N) is 1. The van der Waals surface area contributed by atoms with Crippen molar-refractivity contribution in [3.05, 3.63) is 35.4 Å². The van der Waals surface area contributed by atoms with Gasteiger partial charge in [-0.25, -0.2) is 0 Å². The average Bonchev–Trinajstić information content (AvgIpc) is 2.90. The van der Waals surface area contributed by atoms with E-state index >= 15 is 0 Å². The lowest BCUT2D eigenvalue weighted by molar-refractivity contribution is -0.150. The molecule has 2 saturated heterocycles. The van der Waals surface area contributed by atoms with Crippen LogP contribution in [0, 0.1) is 11.3 Å². The molecule has 0 aromatic heterocycles. The maximum Gasteiger partial charge on any atom is 0.316 e. The maximum absolute atomic E-state index is 12.8. The number of piperidine rings is 1. The molecule has 0 bridgehead atoms. The Morgan fingerprint density at radius 1 is 1.15 bits per heavy atom. The van der Waals surface area contributed by atoms with Crippen molar-refractivity contribution >= 4 is 17.8 Å². The summed E-state index contributed by atoms with van der Waals surface area (Å²) in [5.41, 5.74) is 1.28. The molecule has 0 radical (unpaired) electrons. The number of likely N-dealkylation sites (tertiary alicyclic amines) is 1. The summed E-state index contributed by atoms with van der Waals surface area (Å²) in [5, 5.41) is 12.1. The van der Waals surface area contributed by atoms with Crippen LogP contribution in [0.4, 0.5) is 0 Å². The van der Waals surface area contributed by atoms with Crippen molar-refractivity contribution in [2.75, 3.05) is 19.6 Å². The first-order valence-corrected chi connectivity index (χ1v) is 9.04. The van der Waals surface area contributed by atoms with Crippen molar-refractivity contribution < 1.29 is 19.5 Å². The van der Waals surface area contributed by atoms with Gasteiger partial charge in [-0.1, -0.05) is 32.9 Å². The van der Waals surface area contributed by atoms with E-state index in [1.54, 1.807) is 4.90 Å². The Morgan fingerprint density at radius 3 is 2.23 bits per heavy atom. The minimum atomic E-state index is -1.07. The van der Waals surface area contributed by atoms with Crippen molar-refractivity contribution in [3.8, 4) is 0 Å². The monoisotopic (exact) mass is 358 g/mol. The highest BCUT2D eigenvalue weighted by Gasteiger charge is 2.53. The topological polar surface area (TPSA) is 86.7 Å². The molecule has 1 aromatic carbocycles. The van der Waals surface area contributed by atoms with E-state index < -0.39 is 23.2 Å². The number of amides is 2. The van der Waals surface area contributed by atoms with Crippen LogP contribution < -0.4 is 5.32 Å². The highest BCUT2D eigenvalue weighted by Crippen LogP contribution is 2.42. The molecular formula is C20H26N2O4. The van der Waals surface area contributed by atoms with Crippen LogP contribution in [0.25, 0.3) is 0 Å². The van der Waals surface area contributed by atoms with Gasteiger partial charge in [-0.15, -0.1) is 0 Å². The third kappa shape index (κ3) is 3.20. The summed E-state index contributed by atoms with van der Waals surface area (Å²) in [6.07, 6.45) is 1.04. The summed E-state index contributed by atoms with van der Waals surface area (Å²) >= 11 is 0. The predicted octanol–water partition coefficient (Wildman–Crippen LogP) is 2.04. The SMILES string of the molecule is CC(C)(C)c1ccc(C(=O)N2CCC3(CC2)CNC(=O)C3C(=O)O)cc1. The molecule has 2 aliphatic rings. The van der Waals surface area contributed by atoms with E-state index in [9.17, 15) is 19.5 Å². The van der Waals surface area contributed by atoms with Crippen molar-refractivity contribution in [2.24, 2.45) is 11.3 Å². The standard InChI is InChI=1S/C20H26N2O4/c1-19(2,3)14-6-4-13(5-7-14)17(24)22-10-8-20(9-11-22)12-21-16(23)15(20)18(25)26/h4-7,15H,8-12H2,1-3H3,(H,21,23)(H,25,26). The van der Waals surface area contributed by atoms with Gasteiger partial charge in [0.15, 0.2) is 0 Å².